The molecule has 0 amide bonds. The number of aliphatic carboxylic acids is 2. The van der Waals surface area contributed by atoms with Crippen LogP contribution in [0.2, 0.25) is 0 Å². The van der Waals surface area contributed by atoms with Gasteiger partial charge < -0.3 is 20.4 Å². The summed E-state index contributed by atoms with van der Waals surface area (Å²) in [5.74, 6) is -2.51. The normalized spacial score (nSPS) is 16.3. The van der Waals surface area contributed by atoms with Gasteiger partial charge in [0, 0.05) is 30.9 Å². The van der Waals surface area contributed by atoms with Crippen LogP contribution >= 0.6 is 0 Å². The average Bonchev–Trinajstić information content (AvgIpc) is 2.82. The van der Waals surface area contributed by atoms with E-state index in [0.717, 1.165) is 19.6 Å². The van der Waals surface area contributed by atoms with Crippen molar-refractivity contribution in [1.82, 2.24) is 5.32 Å². The van der Waals surface area contributed by atoms with E-state index in [0.29, 0.717) is 12.2 Å². The molecule has 0 radical (unpaired) electrons. The largest absolute Gasteiger partial charge is 0.478 e. The lowest BCUT2D eigenvalue weighted by Gasteiger charge is -2.31. The molecule has 25 heavy (non-hydrogen) atoms. The molecule has 0 saturated heterocycles. The lowest BCUT2D eigenvalue weighted by Crippen LogP contribution is -2.29. The number of benzene rings is 1. The Morgan fingerprint density at radius 2 is 1.64 bits per heavy atom. The lowest BCUT2D eigenvalue weighted by molar-refractivity contribution is -0.134. The molecule has 0 atom stereocenters. The summed E-state index contributed by atoms with van der Waals surface area (Å²) < 4.78 is 0. The Balaban J connectivity index is 0.000000242. The first kappa shape index (κ1) is 19.0. The summed E-state index contributed by atoms with van der Waals surface area (Å²) >= 11 is 0. The van der Waals surface area contributed by atoms with Crippen LogP contribution in [0.15, 0.2) is 24.3 Å². The van der Waals surface area contributed by atoms with E-state index < -0.39 is 11.9 Å². The van der Waals surface area contributed by atoms with Crippen LogP contribution < -0.4 is 10.2 Å². The summed E-state index contributed by atoms with van der Waals surface area (Å²) in [6, 6.07) is 4.96. The Kier molecular flexibility index (Phi) is 7.01. The minimum atomic E-state index is -1.26. The van der Waals surface area contributed by atoms with Gasteiger partial charge in [0.1, 0.15) is 0 Å². The molecule has 0 saturated carbocycles. The Morgan fingerprint density at radius 3 is 2.20 bits per heavy atom. The fourth-order valence-corrected chi connectivity index (χ4v) is 3.31. The summed E-state index contributed by atoms with van der Waals surface area (Å²) in [5, 5.41) is 19.1. The van der Waals surface area contributed by atoms with Crippen molar-refractivity contribution in [1.29, 1.82) is 0 Å². The number of nitrogens with zero attached hydrogens (tertiary/aromatic N) is 1. The van der Waals surface area contributed by atoms with Crippen LogP contribution in [0.25, 0.3) is 0 Å². The monoisotopic (exact) mass is 346 g/mol. The van der Waals surface area contributed by atoms with Crippen molar-refractivity contribution in [2.45, 2.75) is 32.6 Å². The van der Waals surface area contributed by atoms with Crippen molar-refractivity contribution in [3.8, 4) is 0 Å². The zero-order valence-electron chi connectivity index (χ0n) is 14.6. The van der Waals surface area contributed by atoms with Crippen LogP contribution in [0.3, 0.4) is 0 Å². The first-order valence-electron chi connectivity index (χ1n) is 8.75. The molecule has 3 N–H and O–H groups in total. The van der Waals surface area contributed by atoms with Gasteiger partial charge in [-0.15, -0.1) is 0 Å². The second-order valence-electron chi connectivity index (χ2n) is 6.19. The lowest BCUT2D eigenvalue weighted by atomic mass is 9.93. The smallest absolute Gasteiger partial charge is 0.328 e. The topological polar surface area (TPSA) is 89.9 Å². The van der Waals surface area contributed by atoms with Crippen molar-refractivity contribution in [2.24, 2.45) is 0 Å². The molecule has 2 heterocycles. The molecule has 3 rings (SSSR count). The van der Waals surface area contributed by atoms with E-state index in [1.54, 1.807) is 16.7 Å². The molecule has 2 aliphatic heterocycles. The highest BCUT2D eigenvalue weighted by Crippen LogP contribution is 2.31. The summed E-state index contributed by atoms with van der Waals surface area (Å²) in [6.07, 6.45) is 6.10. The van der Waals surface area contributed by atoms with Crippen molar-refractivity contribution < 1.29 is 19.8 Å². The number of carboxylic acid groups (broad SMARTS) is 2. The highest BCUT2D eigenvalue weighted by molar-refractivity contribution is 5.89. The predicted octanol–water partition coefficient (Wildman–Crippen LogP) is 1.86. The molecule has 136 valence electrons. The maximum absolute atomic E-state index is 9.55. The van der Waals surface area contributed by atoms with Gasteiger partial charge in [0.05, 0.1) is 0 Å². The maximum atomic E-state index is 9.55. The molecule has 6 heteroatoms. The first-order chi connectivity index (χ1) is 12.0. The summed E-state index contributed by atoms with van der Waals surface area (Å²) in [7, 11) is 0. The number of rotatable bonds is 3. The SMILES string of the molecule is CCN1CCCc2cc3c(cc21)CCNCC3.O=C(O)/C=C/C(=O)O. The van der Waals surface area contributed by atoms with Gasteiger partial charge >= 0.3 is 11.9 Å². The third kappa shape index (κ3) is 5.60. The van der Waals surface area contributed by atoms with Gasteiger partial charge in [-0.25, -0.2) is 9.59 Å². The number of hydrogen-bond acceptors (Lipinski definition) is 4. The zero-order valence-corrected chi connectivity index (χ0v) is 14.6. The van der Waals surface area contributed by atoms with Crippen molar-refractivity contribution >= 4 is 17.6 Å². The van der Waals surface area contributed by atoms with E-state index in [2.05, 4.69) is 29.3 Å². The van der Waals surface area contributed by atoms with E-state index in [1.165, 1.54) is 37.9 Å². The molecule has 6 nitrogen and oxygen atoms in total. The molecular weight excluding hydrogens is 320 g/mol. The number of aryl methyl sites for hydroxylation is 1. The number of anilines is 1. The molecule has 0 aromatic heterocycles. The van der Waals surface area contributed by atoms with Crippen LogP contribution in [-0.2, 0) is 28.9 Å². The Hall–Kier alpha value is -2.34. The molecule has 0 fully saturated rings. The van der Waals surface area contributed by atoms with E-state index in [9.17, 15) is 9.59 Å². The first-order valence-corrected chi connectivity index (χ1v) is 8.75. The number of fused-ring (bicyclic) bond motifs is 2. The van der Waals surface area contributed by atoms with E-state index in [1.807, 2.05) is 0 Å². The fraction of sp³-hybridized carbons (Fsp3) is 0.474. The fourth-order valence-electron chi connectivity index (χ4n) is 3.31. The molecule has 1 aromatic rings. The van der Waals surface area contributed by atoms with E-state index in [-0.39, 0.29) is 0 Å². The van der Waals surface area contributed by atoms with Crippen LogP contribution in [0.5, 0.6) is 0 Å². The van der Waals surface area contributed by atoms with Gasteiger partial charge in [-0.05, 0) is 68.5 Å². The Morgan fingerprint density at radius 1 is 1.04 bits per heavy atom. The van der Waals surface area contributed by atoms with Gasteiger partial charge in [0.25, 0.3) is 0 Å². The van der Waals surface area contributed by atoms with Crippen LogP contribution in [-0.4, -0.2) is 48.3 Å². The Bertz CT molecular complexity index is 639. The van der Waals surface area contributed by atoms with Gasteiger partial charge in [-0.1, -0.05) is 6.07 Å². The minimum absolute atomic E-state index is 0.558. The molecule has 1 aromatic carbocycles. The quantitative estimate of drug-likeness (QED) is 0.724. The van der Waals surface area contributed by atoms with E-state index in [4.69, 9.17) is 10.2 Å². The minimum Gasteiger partial charge on any atom is -0.478 e. The van der Waals surface area contributed by atoms with Gasteiger partial charge in [0.2, 0.25) is 0 Å². The van der Waals surface area contributed by atoms with Crippen molar-refractivity contribution in [3.05, 3.63) is 41.0 Å². The van der Waals surface area contributed by atoms with E-state index >= 15 is 0 Å². The standard InChI is InChI=1S/C15H22N2.C4H4O4/c1-2-17-9-3-4-14-10-12-5-7-16-8-6-13(12)11-15(14)17;5-3(6)1-2-4(7)8/h10-11,16H,2-9H2,1H3;1-2H,(H,5,6)(H,7,8)/b;2-1+. The molecule has 0 unspecified atom stereocenters. The van der Waals surface area contributed by atoms with Gasteiger partial charge in [-0.2, -0.15) is 0 Å². The highest BCUT2D eigenvalue weighted by Gasteiger charge is 2.18. The van der Waals surface area contributed by atoms with Crippen LogP contribution in [0.1, 0.15) is 30.0 Å². The number of carboxylic acids is 2. The molecule has 0 spiro atoms. The third-order valence-electron chi connectivity index (χ3n) is 4.51. The summed E-state index contributed by atoms with van der Waals surface area (Å²) in [5.41, 5.74) is 6.26. The zero-order chi connectivity index (χ0) is 18.2. The predicted molar refractivity (Wildman–Crippen MR) is 97.3 cm³/mol. The second-order valence-corrected chi connectivity index (χ2v) is 6.19. The van der Waals surface area contributed by atoms with Crippen molar-refractivity contribution in [2.75, 3.05) is 31.1 Å². The summed E-state index contributed by atoms with van der Waals surface area (Å²) in [4.78, 5) is 21.6. The van der Waals surface area contributed by atoms with Crippen LogP contribution in [0, 0.1) is 0 Å². The second kappa shape index (κ2) is 9.22. The molecule has 0 aliphatic carbocycles. The number of carbonyl (C=O) groups is 2. The van der Waals surface area contributed by atoms with Gasteiger partial charge in [-0.3, -0.25) is 0 Å². The Labute approximate surface area is 148 Å². The van der Waals surface area contributed by atoms with Crippen LogP contribution in [0.4, 0.5) is 5.69 Å². The molecular formula is C19H26N2O4. The van der Waals surface area contributed by atoms with Crippen molar-refractivity contribution in [3.63, 3.8) is 0 Å². The average molecular weight is 346 g/mol. The highest BCUT2D eigenvalue weighted by atomic mass is 16.4. The number of nitrogens with one attached hydrogen (secondary N) is 1. The summed E-state index contributed by atoms with van der Waals surface area (Å²) in [6.45, 7) is 6.92. The number of hydrogen-bond donors (Lipinski definition) is 3. The maximum Gasteiger partial charge on any atom is 0.328 e. The molecule has 2 aliphatic rings. The van der Waals surface area contributed by atoms with Gasteiger partial charge in [0.15, 0.2) is 0 Å². The third-order valence-corrected chi connectivity index (χ3v) is 4.51. The molecule has 0 bridgehead atoms.